The number of rotatable bonds is 6. The highest BCUT2D eigenvalue weighted by molar-refractivity contribution is 7.90. The van der Waals surface area contributed by atoms with Crippen molar-refractivity contribution < 1.29 is 22.7 Å². The Morgan fingerprint density at radius 2 is 1.73 bits per heavy atom. The van der Waals surface area contributed by atoms with E-state index in [9.17, 15) is 18.0 Å². The van der Waals surface area contributed by atoms with E-state index in [1.54, 1.807) is 49.4 Å². The lowest BCUT2D eigenvalue weighted by atomic mass is 10.2. The number of ether oxygens (including phenoxy) is 1. The fraction of sp³-hybridized carbons (Fsp3) is 0.150. The molecule has 3 rings (SSSR count). The standard InChI is InChI=1S/C20H20N4O5S/c1-3-29-19(25)17-13-21-24(15-7-5-4-6-8-15)18(17)22-20(26)23-30(27,28)16-11-9-14(2)10-12-16/h4-13H,3H2,1-2H3,(H2,22,23,26). The lowest BCUT2D eigenvalue weighted by Crippen LogP contribution is -2.35. The highest BCUT2D eigenvalue weighted by Gasteiger charge is 2.24. The van der Waals surface area contributed by atoms with Crippen LogP contribution in [0.3, 0.4) is 0 Å². The van der Waals surface area contributed by atoms with Crippen LogP contribution >= 0.6 is 0 Å². The fourth-order valence-corrected chi connectivity index (χ4v) is 3.53. The van der Waals surface area contributed by atoms with E-state index in [-0.39, 0.29) is 22.9 Å². The van der Waals surface area contributed by atoms with Crippen LogP contribution in [0.1, 0.15) is 22.8 Å². The predicted octanol–water partition coefficient (Wildman–Crippen LogP) is 2.87. The molecule has 2 N–H and O–H groups in total. The van der Waals surface area contributed by atoms with Crippen LogP contribution in [-0.2, 0) is 14.8 Å². The molecule has 2 amide bonds. The largest absolute Gasteiger partial charge is 0.462 e. The minimum absolute atomic E-state index is 0.0106. The topological polar surface area (TPSA) is 119 Å². The summed E-state index contributed by atoms with van der Waals surface area (Å²) in [6.45, 7) is 3.59. The van der Waals surface area contributed by atoms with Crippen molar-refractivity contribution in [2.24, 2.45) is 0 Å². The molecule has 2 aromatic carbocycles. The minimum atomic E-state index is -4.11. The van der Waals surface area contributed by atoms with Crippen molar-refractivity contribution in [3.8, 4) is 5.69 Å². The van der Waals surface area contributed by atoms with Gasteiger partial charge in [0.1, 0.15) is 5.56 Å². The van der Waals surface area contributed by atoms with Gasteiger partial charge < -0.3 is 4.74 Å². The molecule has 0 atom stereocenters. The van der Waals surface area contributed by atoms with Gasteiger partial charge in [0, 0.05) is 0 Å². The second-order valence-electron chi connectivity index (χ2n) is 6.25. The van der Waals surface area contributed by atoms with E-state index in [2.05, 4.69) is 10.4 Å². The normalized spacial score (nSPS) is 11.0. The molecule has 0 fully saturated rings. The molecule has 0 aliphatic heterocycles. The predicted molar refractivity (Wildman–Crippen MR) is 110 cm³/mol. The molecule has 0 unspecified atom stereocenters. The van der Waals surface area contributed by atoms with Crippen molar-refractivity contribution in [2.45, 2.75) is 18.7 Å². The summed E-state index contributed by atoms with van der Waals surface area (Å²) < 4.78 is 33.2. The quantitative estimate of drug-likeness (QED) is 0.583. The monoisotopic (exact) mass is 428 g/mol. The van der Waals surface area contributed by atoms with Gasteiger partial charge in [-0.3, -0.25) is 5.32 Å². The van der Waals surface area contributed by atoms with Gasteiger partial charge in [-0.05, 0) is 38.1 Å². The molecule has 0 radical (unpaired) electrons. The van der Waals surface area contributed by atoms with Gasteiger partial charge in [-0.15, -0.1) is 0 Å². The summed E-state index contributed by atoms with van der Waals surface area (Å²) in [5, 5.41) is 6.54. The molecule has 1 heterocycles. The van der Waals surface area contributed by atoms with Crippen LogP contribution in [0.5, 0.6) is 0 Å². The maximum atomic E-state index is 12.5. The number of sulfonamides is 1. The van der Waals surface area contributed by atoms with E-state index < -0.39 is 22.0 Å². The maximum Gasteiger partial charge on any atom is 0.343 e. The second kappa shape index (κ2) is 8.78. The number of benzene rings is 2. The second-order valence-corrected chi connectivity index (χ2v) is 7.93. The molecule has 9 nitrogen and oxygen atoms in total. The number of para-hydroxylation sites is 1. The average molecular weight is 428 g/mol. The molecule has 10 heteroatoms. The molecular weight excluding hydrogens is 408 g/mol. The van der Waals surface area contributed by atoms with E-state index in [4.69, 9.17) is 4.74 Å². The Morgan fingerprint density at radius 3 is 2.37 bits per heavy atom. The number of nitrogens with zero attached hydrogens (tertiary/aromatic N) is 2. The van der Waals surface area contributed by atoms with Crippen molar-refractivity contribution in [2.75, 3.05) is 11.9 Å². The highest BCUT2D eigenvalue weighted by atomic mass is 32.2. The summed E-state index contributed by atoms with van der Waals surface area (Å²) in [4.78, 5) is 24.7. The molecule has 0 bridgehead atoms. The van der Waals surface area contributed by atoms with E-state index >= 15 is 0 Å². The molecule has 0 spiro atoms. The van der Waals surface area contributed by atoms with E-state index in [1.165, 1.54) is 23.0 Å². The van der Waals surface area contributed by atoms with Gasteiger partial charge in [-0.25, -0.2) is 27.4 Å². The Hall–Kier alpha value is -3.66. The number of aryl methyl sites for hydroxylation is 1. The zero-order valence-electron chi connectivity index (χ0n) is 16.3. The zero-order chi connectivity index (χ0) is 21.7. The van der Waals surface area contributed by atoms with Gasteiger partial charge in [0.2, 0.25) is 0 Å². The lowest BCUT2D eigenvalue weighted by Gasteiger charge is -2.12. The number of nitrogens with one attached hydrogen (secondary N) is 2. The molecule has 0 aliphatic rings. The number of hydrogen-bond acceptors (Lipinski definition) is 6. The Balaban J connectivity index is 1.90. The van der Waals surface area contributed by atoms with Gasteiger partial charge in [0.25, 0.3) is 10.0 Å². The number of carbonyl (C=O) groups is 2. The van der Waals surface area contributed by atoms with Crippen molar-refractivity contribution in [1.82, 2.24) is 14.5 Å². The van der Waals surface area contributed by atoms with Crippen molar-refractivity contribution in [3.05, 3.63) is 71.9 Å². The Bertz CT molecular complexity index is 1160. The number of esters is 1. The van der Waals surface area contributed by atoms with Gasteiger partial charge >= 0.3 is 12.0 Å². The first-order valence-electron chi connectivity index (χ1n) is 9.03. The van der Waals surface area contributed by atoms with E-state index in [0.29, 0.717) is 5.69 Å². The molecule has 0 aliphatic carbocycles. The minimum Gasteiger partial charge on any atom is -0.462 e. The third-order valence-corrected chi connectivity index (χ3v) is 5.40. The first-order chi connectivity index (χ1) is 14.3. The third-order valence-electron chi connectivity index (χ3n) is 4.06. The Morgan fingerprint density at radius 1 is 1.07 bits per heavy atom. The summed E-state index contributed by atoms with van der Waals surface area (Å²) in [7, 11) is -4.11. The third kappa shape index (κ3) is 4.66. The first-order valence-corrected chi connectivity index (χ1v) is 10.5. The number of amides is 2. The first kappa shape index (κ1) is 21.1. The van der Waals surface area contributed by atoms with E-state index in [1.807, 2.05) is 11.6 Å². The summed E-state index contributed by atoms with van der Waals surface area (Å²) in [6, 6.07) is 13.7. The van der Waals surface area contributed by atoms with E-state index in [0.717, 1.165) is 5.56 Å². The maximum absolute atomic E-state index is 12.5. The number of aromatic nitrogens is 2. The van der Waals surface area contributed by atoms with Gasteiger partial charge in [0.15, 0.2) is 5.82 Å². The molecule has 30 heavy (non-hydrogen) atoms. The number of hydrogen-bond donors (Lipinski definition) is 2. The zero-order valence-corrected chi connectivity index (χ0v) is 17.1. The summed E-state index contributed by atoms with van der Waals surface area (Å²) >= 11 is 0. The summed E-state index contributed by atoms with van der Waals surface area (Å²) in [5.41, 5.74) is 1.43. The lowest BCUT2D eigenvalue weighted by molar-refractivity contribution is 0.0527. The average Bonchev–Trinajstić information content (AvgIpc) is 3.12. The van der Waals surface area contributed by atoms with Gasteiger partial charge in [-0.2, -0.15) is 5.10 Å². The molecule has 156 valence electrons. The number of carbonyl (C=O) groups excluding carboxylic acids is 2. The van der Waals surface area contributed by atoms with Crippen LogP contribution in [0.15, 0.2) is 65.7 Å². The SMILES string of the molecule is CCOC(=O)c1cnn(-c2ccccc2)c1NC(=O)NS(=O)(=O)c1ccc(C)cc1. The molecule has 0 saturated carbocycles. The molecule has 1 aromatic heterocycles. The van der Waals surface area contributed by atoms with Crippen molar-refractivity contribution >= 4 is 27.8 Å². The number of anilines is 1. The van der Waals surface area contributed by atoms with Crippen LogP contribution in [0.4, 0.5) is 10.6 Å². The summed E-state index contributed by atoms with van der Waals surface area (Å²) in [6.07, 6.45) is 1.25. The van der Waals surface area contributed by atoms with Crippen LogP contribution in [0, 0.1) is 6.92 Å². The Kier molecular flexibility index (Phi) is 6.17. The number of urea groups is 1. The van der Waals surface area contributed by atoms with Crippen LogP contribution in [0.2, 0.25) is 0 Å². The summed E-state index contributed by atoms with van der Waals surface area (Å²) in [5.74, 6) is -0.715. The van der Waals surface area contributed by atoms with Crippen molar-refractivity contribution in [1.29, 1.82) is 0 Å². The fourth-order valence-electron chi connectivity index (χ4n) is 2.62. The molecule has 0 saturated heterocycles. The van der Waals surface area contributed by atoms with Crippen LogP contribution in [-0.4, -0.2) is 36.8 Å². The van der Waals surface area contributed by atoms with Gasteiger partial charge in [0.05, 0.1) is 23.4 Å². The smallest absolute Gasteiger partial charge is 0.343 e. The van der Waals surface area contributed by atoms with Crippen LogP contribution in [0.25, 0.3) is 5.69 Å². The van der Waals surface area contributed by atoms with Gasteiger partial charge in [-0.1, -0.05) is 35.9 Å². The van der Waals surface area contributed by atoms with Crippen LogP contribution < -0.4 is 10.0 Å². The van der Waals surface area contributed by atoms with Crippen molar-refractivity contribution in [3.63, 3.8) is 0 Å². The molecule has 3 aromatic rings. The highest BCUT2D eigenvalue weighted by Crippen LogP contribution is 2.21. The Labute approximate surface area is 173 Å². The molecular formula is C20H20N4O5S.